The van der Waals surface area contributed by atoms with E-state index in [1.54, 1.807) is 27.8 Å². The van der Waals surface area contributed by atoms with Crippen molar-refractivity contribution >= 4 is 17.2 Å². The molecule has 0 bridgehead atoms. The van der Waals surface area contributed by atoms with E-state index in [0.717, 1.165) is 41.9 Å². The first-order valence-corrected chi connectivity index (χ1v) is 15.0. The van der Waals surface area contributed by atoms with Gasteiger partial charge >= 0.3 is 0 Å². The van der Waals surface area contributed by atoms with Crippen LogP contribution in [0.2, 0.25) is 0 Å². The Morgan fingerprint density at radius 3 is 2.41 bits per heavy atom. The Kier molecular flexibility index (Phi) is 7.28. The number of pyridine rings is 1. The van der Waals surface area contributed by atoms with Crippen molar-refractivity contribution in [3.05, 3.63) is 84.6 Å². The number of aromatic nitrogens is 6. The van der Waals surface area contributed by atoms with Crippen LogP contribution in [0.1, 0.15) is 29.9 Å². The van der Waals surface area contributed by atoms with Gasteiger partial charge in [0.15, 0.2) is 0 Å². The van der Waals surface area contributed by atoms with Gasteiger partial charge in [-0.2, -0.15) is 15.5 Å². The number of aryl methyl sites for hydroxylation is 1. The molecule has 1 amide bonds. The Balaban J connectivity index is 1.10. The molecule has 2 aliphatic heterocycles. The van der Waals surface area contributed by atoms with E-state index < -0.39 is 0 Å². The maximum atomic E-state index is 14.0. The monoisotopic (exact) mass is 586 g/mol. The Labute approximate surface area is 256 Å². The second-order valence-electron chi connectivity index (χ2n) is 11.6. The lowest BCUT2D eigenvalue weighted by Crippen LogP contribution is -2.52. The highest BCUT2D eigenvalue weighted by atomic mass is 16.2. The Bertz CT molecular complexity index is 1830. The maximum Gasteiger partial charge on any atom is 0.231 e. The molecule has 6 heterocycles. The zero-order valence-electron chi connectivity index (χ0n) is 24.9. The molecule has 4 aromatic heterocycles. The van der Waals surface area contributed by atoms with E-state index in [1.807, 2.05) is 54.7 Å². The number of benzene rings is 1. The van der Waals surface area contributed by atoms with E-state index in [2.05, 4.69) is 45.2 Å². The number of anilines is 1. The summed E-state index contributed by atoms with van der Waals surface area (Å²) in [5.41, 5.74) is 5.19. The topological polar surface area (TPSA) is 111 Å². The summed E-state index contributed by atoms with van der Waals surface area (Å²) in [6.45, 7) is 3.75. The fourth-order valence-corrected chi connectivity index (χ4v) is 6.60. The predicted octanol–water partition coefficient (Wildman–Crippen LogP) is 3.59. The molecule has 2 fully saturated rings. The lowest BCUT2D eigenvalue weighted by molar-refractivity contribution is -0.134. The summed E-state index contributed by atoms with van der Waals surface area (Å²) in [6.07, 6.45) is 11.0. The van der Waals surface area contributed by atoms with E-state index in [1.165, 1.54) is 0 Å². The van der Waals surface area contributed by atoms with Crippen LogP contribution >= 0.6 is 0 Å². The number of piperazine rings is 1. The first-order valence-electron chi connectivity index (χ1n) is 15.0. The minimum atomic E-state index is -0.152. The Morgan fingerprint density at radius 2 is 1.75 bits per heavy atom. The molecule has 7 rings (SSSR count). The van der Waals surface area contributed by atoms with E-state index >= 15 is 0 Å². The maximum absolute atomic E-state index is 14.0. The minimum absolute atomic E-state index is 0.152. The van der Waals surface area contributed by atoms with Crippen LogP contribution in [0.25, 0.3) is 28.0 Å². The number of fused-ring (bicyclic) bond motifs is 1. The summed E-state index contributed by atoms with van der Waals surface area (Å²) in [7, 11) is 4.00. The van der Waals surface area contributed by atoms with Crippen molar-refractivity contribution in [3.63, 3.8) is 0 Å². The third-order valence-corrected chi connectivity index (χ3v) is 8.94. The fraction of sp³-hybridized carbons (Fsp3) is 0.333. The van der Waals surface area contributed by atoms with Crippen molar-refractivity contribution in [2.45, 2.75) is 24.8 Å². The summed E-state index contributed by atoms with van der Waals surface area (Å²) in [5, 5.41) is 18.4. The van der Waals surface area contributed by atoms with Gasteiger partial charge in [-0.1, -0.05) is 30.3 Å². The van der Waals surface area contributed by atoms with Gasteiger partial charge in [-0.05, 0) is 44.1 Å². The highest BCUT2D eigenvalue weighted by Gasteiger charge is 2.38. The number of carbonyl (C=O) groups excluding carboxylic acids is 1. The average Bonchev–Trinajstić information content (AvgIpc) is 3.81. The largest absolute Gasteiger partial charge is 0.353 e. The van der Waals surface area contributed by atoms with Crippen LogP contribution in [-0.4, -0.2) is 90.9 Å². The van der Waals surface area contributed by atoms with E-state index in [4.69, 9.17) is 9.97 Å². The number of likely N-dealkylation sites (N-methyl/N-ethyl adjacent to an activating group) is 1. The quantitative estimate of drug-likeness (QED) is 0.297. The molecule has 0 N–H and O–H groups in total. The standard InChI is InChI=1S/C33H34N10O/c1-39-12-6-9-28(39)30(23-7-4-3-5-8-23)33(44)42-15-13-41(14-16-42)29-11-10-24(18-35-29)31-32-25(17-34)19-37-43(32)22-27(38-31)26-20-36-40(2)21-26/h3-5,7-8,10-11,18-22,28,30H,6,9,12-16H2,1-2H3/t28?,30-/m0/s1. The number of likely N-dealkylation sites (tertiary alicyclic amines) is 1. The first kappa shape index (κ1) is 27.7. The molecule has 0 aliphatic carbocycles. The summed E-state index contributed by atoms with van der Waals surface area (Å²) in [4.78, 5) is 30.3. The van der Waals surface area contributed by atoms with Gasteiger partial charge in [0.05, 0.1) is 35.9 Å². The van der Waals surface area contributed by atoms with E-state index in [9.17, 15) is 10.1 Å². The normalized spacial score (nSPS) is 18.1. The number of carbonyl (C=O) groups is 1. The van der Waals surface area contributed by atoms with Gasteiger partial charge < -0.3 is 14.7 Å². The van der Waals surface area contributed by atoms with Crippen molar-refractivity contribution in [2.24, 2.45) is 7.05 Å². The first-order chi connectivity index (χ1) is 21.5. The van der Waals surface area contributed by atoms with Crippen molar-refractivity contribution in [1.29, 1.82) is 5.26 Å². The number of rotatable bonds is 6. The van der Waals surface area contributed by atoms with E-state index in [0.29, 0.717) is 48.6 Å². The molecule has 5 aromatic rings. The van der Waals surface area contributed by atoms with Crippen molar-refractivity contribution in [2.75, 3.05) is 44.7 Å². The number of amides is 1. The molecule has 44 heavy (non-hydrogen) atoms. The molecule has 2 atom stereocenters. The second-order valence-corrected chi connectivity index (χ2v) is 11.6. The number of nitriles is 1. The molecule has 2 aliphatic rings. The van der Waals surface area contributed by atoms with Gasteiger partial charge in [0.25, 0.3) is 0 Å². The Morgan fingerprint density at radius 1 is 0.932 bits per heavy atom. The lowest BCUT2D eigenvalue weighted by Gasteiger charge is -2.39. The average molecular weight is 587 g/mol. The van der Waals surface area contributed by atoms with Gasteiger partial charge in [0, 0.05) is 62.8 Å². The number of nitrogens with zero attached hydrogens (tertiary/aromatic N) is 10. The molecule has 1 aromatic carbocycles. The zero-order chi connectivity index (χ0) is 30.2. The van der Waals surface area contributed by atoms with Crippen LogP contribution in [0.4, 0.5) is 5.82 Å². The third kappa shape index (κ3) is 5.07. The van der Waals surface area contributed by atoms with Gasteiger partial charge in [-0.25, -0.2) is 14.5 Å². The van der Waals surface area contributed by atoms with Crippen molar-refractivity contribution < 1.29 is 4.79 Å². The van der Waals surface area contributed by atoms with Crippen LogP contribution in [0.3, 0.4) is 0 Å². The summed E-state index contributed by atoms with van der Waals surface area (Å²) >= 11 is 0. The molecule has 222 valence electrons. The molecule has 11 nitrogen and oxygen atoms in total. The molecule has 0 saturated carbocycles. The highest BCUT2D eigenvalue weighted by molar-refractivity contribution is 5.85. The van der Waals surface area contributed by atoms with Gasteiger partial charge in [0.1, 0.15) is 23.0 Å². The fourth-order valence-electron chi connectivity index (χ4n) is 6.60. The molecule has 11 heteroatoms. The van der Waals surface area contributed by atoms with Gasteiger partial charge in [-0.3, -0.25) is 9.48 Å². The molecule has 0 radical (unpaired) electrons. The molecule has 2 saturated heterocycles. The van der Waals surface area contributed by atoms with Crippen LogP contribution in [0, 0.1) is 11.3 Å². The Hall–Kier alpha value is -5.08. The number of hydrogen-bond donors (Lipinski definition) is 0. The SMILES string of the molecule is CN1CCCC1[C@@H](C(=O)N1CCN(c2ccc(-c3nc(-c4cnn(C)c4)cn4ncc(C#N)c34)cn2)CC1)c1ccccc1. The molecule has 1 unspecified atom stereocenters. The van der Waals surface area contributed by atoms with Gasteiger partial charge in [-0.15, -0.1) is 0 Å². The van der Waals surface area contributed by atoms with E-state index in [-0.39, 0.29) is 17.9 Å². The molecular formula is C33H34N10O. The zero-order valence-corrected chi connectivity index (χ0v) is 24.9. The third-order valence-electron chi connectivity index (χ3n) is 8.94. The predicted molar refractivity (Wildman–Crippen MR) is 167 cm³/mol. The second kappa shape index (κ2) is 11.5. The van der Waals surface area contributed by atoms with Crippen molar-refractivity contribution in [1.82, 2.24) is 39.2 Å². The van der Waals surface area contributed by atoms with Crippen LogP contribution in [0.5, 0.6) is 0 Å². The molecular weight excluding hydrogens is 552 g/mol. The van der Waals surface area contributed by atoms with Crippen LogP contribution in [0.15, 0.2) is 73.4 Å². The summed E-state index contributed by atoms with van der Waals surface area (Å²) < 4.78 is 3.42. The minimum Gasteiger partial charge on any atom is -0.353 e. The number of hydrogen-bond acceptors (Lipinski definition) is 8. The van der Waals surface area contributed by atoms with Crippen LogP contribution < -0.4 is 4.90 Å². The lowest BCUT2D eigenvalue weighted by atomic mass is 9.88. The smallest absolute Gasteiger partial charge is 0.231 e. The molecule has 0 spiro atoms. The van der Waals surface area contributed by atoms with Crippen molar-refractivity contribution in [3.8, 4) is 28.6 Å². The highest BCUT2D eigenvalue weighted by Crippen LogP contribution is 2.33. The summed E-state index contributed by atoms with van der Waals surface area (Å²) in [6, 6.07) is 16.7. The van der Waals surface area contributed by atoms with Crippen LogP contribution in [-0.2, 0) is 11.8 Å². The van der Waals surface area contributed by atoms with Gasteiger partial charge in [0.2, 0.25) is 5.91 Å². The summed E-state index contributed by atoms with van der Waals surface area (Å²) in [5.74, 6) is 0.918.